The second-order valence-electron chi connectivity index (χ2n) is 5.61. The van der Waals surface area contributed by atoms with Crippen molar-refractivity contribution in [3.05, 3.63) is 24.3 Å². The van der Waals surface area contributed by atoms with Crippen molar-refractivity contribution < 1.29 is 4.79 Å². The molecule has 0 atom stereocenters. The second-order valence-corrected chi connectivity index (χ2v) is 5.61. The van der Waals surface area contributed by atoms with Crippen LogP contribution in [0.3, 0.4) is 0 Å². The zero-order valence-corrected chi connectivity index (χ0v) is 13.3. The second kappa shape index (κ2) is 8.53. The fourth-order valence-electron chi connectivity index (χ4n) is 2.49. The van der Waals surface area contributed by atoms with Crippen molar-refractivity contribution in [2.45, 2.75) is 38.1 Å². The molecular weight excluding hydrogens is 306 g/mol. The minimum absolute atomic E-state index is 0.191. The predicted octanol–water partition coefficient (Wildman–Crippen LogP) is 2.37. The number of hydrazone groups is 1. The number of nitrogens with zero attached hydrogens (tertiary/aromatic N) is 2. The molecule has 1 saturated carbocycles. The van der Waals surface area contributed by atoms with Crippen LogP contribution in [0, 0.1) is 16.7 Å². The van der Waals surface area contributed by atoms with E-state index in [0.717, 1.165) is 25.7 Å². The Morgan fingerprint density at radius 1 is 1.21 bits per heavy atom. The van der Waals surface area contributed by atoms with Crippen LogP contribution >= 0.6 is 0 Å². The maximum Gasteiger partial charge on any atom is 0.319 e. The molecule has 8 heteroatoms. The Hall–Kier alpha value is -3.08. The Bertz CT molecular complexity index is 654. The van der Waals surface area contributed by atoms with Gasteiger partial charge in [0.2, 0.25) is 5.71 Å². The van der Waals surface area contributed by atoms with E-state index in [1.165, 1.54) is 6.42 Å². The summed E-state index contributed by atoms with van der Waals surface area (Å²) in [5.41, 5.74) is 8.92. The highest BCUT2D eigenvalue weighted by molar-refractivity contribution is 6.45. The molecule has 1 fully saturated rings. The van der Waals surface area contributed by atoms with E-state index in [0.29, 0.717) is 11.4 Å². The first kappa shape index (κ1) is 17.3. The topological polar surface area (TPSA) is 139 Å². The van der Waals surface area contributed by atoms with E-state index in [1.54, 1.807) is 30.3 Å². The summed E-state index contributed by atoms with van der Waals surface area (Å²) in [6.07, 6.45) is 5.64. The zero-order chi connectivity index (χ0) is 17.4. The molecule has 0 heterocycles. The molecule has 1 aliphatic carbocycles. The number of urea groups is 1. The van der Waals surface area contributed by atoms with Gasteiger partial charge in [-0.1, -0.05) is 19.3 Å². The van der Waals surface area contributed by atoms with Crippen LogP contribution in [0.2, 0.25) is 0 Å². The molecular formula is C16H21N7O. The van der Waals surface area contributed by atoms with E-state index in [-0.39, 0.29) is 17.8 Å². The van der Waals surface area contributed by atoms with Gasteiger partial charge in [-0.25, -0.2) is 4.79 Å². The van der Waals surface area contributed by atoms with Crippen LogP contribution in [0.5, 0.6) is 0 Å². The summed E-state index contributed by atoms with van der Waals surface area (Å²) in [4.78, 5) is 12.0. The number of benzene rings is 1. The van der Waals surface area contributed by atoms with Crippen molar-refractivity contribution in [1.82, 2.24) is 5.32 Å². The molecule has 126 valence electrons. The van der Waals surface area contributed by atoms with E-state index in [9.17, 15) is 4.79 Å². The van der Waals surface area contributed by atoms with Crippen LogP contribution in [-0.4, -0.2) is 23.6 Å². The molecule has 0 saturated heterocycles. The molecule has 0 radical (unpaired) electrons. The van der Waals surface area contributed by atoms with E-state index >= 15 is 0 Å². The van der Waals surface area contributed by atoms with Gasteiger partial charge in [0, 0.05) is 11.7 Å². The number of nitriles is 1. The number of rotatable bonds is 5. The van der Waals surface area contributed by atoms with Gasteiger partial charge in [0.25, 0.3) is 0 Å². The highest BCUT2D eigenvalue weighted by Crippen LogP contribution is 2.18. The lowest BCUT2D eigenvalue weighted by atomic mass is 9.96. The van der Waals surface area contributed by atoms with Gasteiger partial charge in [0.15, 0.2) is 5.84 Å². The van der Waals surface area contributed by atoms with Crippen LogP contribution in [0.25, 0.3) is 0 Å². The molecule has 2 amide bonds. The highest BCUT2D eigenvalue weighted by Gasteiger charge is 2.15. The number of amides is 2. The minimum atomic E-state index is -0.400. The Labute approximate surface area is 140 Å². The lowest BCUT2D eigenvalue weighted by Crippen LogP contribution is -2.38. The van der Waals surface area contributed by atoms with E-state index in [4.69, 9.17) is 16.4 Å². The number of anilines is 2. The van der Waals surface area contributed by atoms with Gasteiger partial charge in [0.1, 0.15) is 6.07 Å². The lowest BCUT2D eigenvalue weighted by Gasteiger charge is -2.22. The Morgan fingerprint density at radius 3 is 2.42 bits per heavy atom. The van der Waals surface area contributed by atoms with Crippen LogP contribution in [-0.2, 0) is 0 Å². The zero-order valence-electron chi connectivity index (χ0n) is 13.3. The molecule has 1 aliphatic rings. The van der Waals surface area contributed by atoms with Gasteiger partial charge in [-0.15, -0.1) is 0 Å². The number of carbonyl (C=O) groups excluding carboxylic acids is 1. The highest BCUT2D eigenvalue weighted by atomic mass is 16.2. The molecule has 1 aromatic carbocycles. The largest absolute Gasteiger partial charge is 0.382 e. The quantitative estimate of drug-likeness (QED) is 0.322. The molecule has 1 aromatic rings. The maximum absolute atomic E-state index is 12.0. The summed E-state index contributed by atoms with van der Waals surface area (Å²) in [7, 11) is 0. The average Bonchev–Trinajstić information content (AvgIpc) is 2.57. The van der Waals surface area contributed by atoms with Gasteiger partial charge in [-0.05, 0) is 37.1 Å². The van der Waals surface area contributed by atoms with Crippen molar-refractivity contribution in [2.24, 2.45) is 10.8 Å². The molecule has 24 heavy (non-hydrogen) atoms. The Morgan fingerprint density at radius 2 is 1.83 bits per heavy atom. The summed E-state index contributed by atoms with van der Waals surface area (Å²) in [5, 5.41) is 25.4. The maximum atomic E-state index is 12.0. The van der Waals surface area contributed by atoms with Crippen molar-refractivity contribution in [2.75, 3.05) is 10.7 Å². The average molecular weight is 327 g/mol. The van der Waals surface area contributed by atoms with Crippen LogP contribution in [0.15, 0.2) is 29.4 Å². The molecule has 0 aliphatic heterocycles. The molecule has 0 unspecified atom stereocenters. The normalized spacial score (nSPS) is 15.2. The number of carbonyl (C=O) groups is 1. The fraction of sp³-hybridized carbons (Fsp3) is 0.375. The predicted molar refractivity (Wildman–Crippen MR) is 94.1 cm³/mol. The number of hydrogen-bond donors (Lipinski definition) is 5. The van der Waals surface area contributed by atoms with E-state index in [1.807, 2.05) is 0 Å². The number of amidine groups is 1. The molecule has 0 spiro atoms. The SMILES string of the molecule is N#C/C(=N\Nc1ccc(NC(=O)NC2CCCCC2)cc1)C(=N)N. The Kier molecular flexibility index (Phi) is 6.14. The van der Waals surface area contributed by atoms with Gasteiger partial charge in [0.05, 0.1) is 5.69 Å². The number of nitrogens with one attached hydrogen (secondary N) is 4. The van der Waals surface area contributed by atoms with Crippen molar-refractivity contribution in [1.29, 1.82) is 10.7 Å². The van der Waals surface area contributed by atoms with Crippen LogP contribution in [0.4, 0.5) is 16.2 Å². The first-order valence-electron chi connectivity index (χ1n) is 7.84. The fourth-order valence-corrected chi connectivity index (χ4v) is 2.49. The first-order chi connectivity index (χ1) is 11.6. The molecule has 2 rings (SSSR count). The third kappa shape index (κ3) is 5.28. The third-order valence-corrected chi connectivity index (χ3v) is 3.74. The van der Waals surface area contributed by atoms with Gasteiger partial charge < -0.3 is 16.4 Å². The molecule has 6 N–H and O–H groups in total. The summed E-state index contributed by atoms with van der Waals surface area (Å²) in [5.74, 6) is -0.400. The summed E-state index contributed by atoms with van der Waals surface area (Å²) >= 11 is 0. The smallest absolute Gasteiger partial charge is 0.319 e. The number of hydrogen-bond acceptors (Lipinski definition) is 5. The molecule has 0 aromatic heterocycles. The summed E-state index contributed by atoms with van der Waals surface area (Å²) in [6, 6.07) is 8.62. The van der Waals surface area contributed by atoms with Gasteiger partial charge in [-0.3, -0.25) is 10.8 Å². The molecule has 0 bridgehead atoms. The van der Waals surface area contributed by atoms with Gasteiger partial charge in [-0.2, -0.15) is 10.4 Å². The first-order valence-corrected chi connectivity index (χ1v) is 7.84. The summed E-state index contributed by atoms with van der Waals surface area (Å²) in [6.45, 7) is 0. The standard InChI is InChI=1S/C16H21N7O/c17-10-14(15(18)19)23-22-13-8-6-12(7-9-13)21-16(24)20-11-4-2-1-3-5-11/h6-9,11,22H,1-5H2,(H3,18,19)(H2,20,21,24)/b23-14+. The van der Waals surface area contributed by atoms with Crippen molar-refractivity contribution in [3.63, 3.8) is 0 Å². The molecule has 8 nitrogen and oxygen atoms in total. The van der Waals surface area contributed by atoms with E-state index < -0.39 is 5.84 Å². The van der Waals surface area contributed by atoms with Crippen LogP contribution < -0.4 is 21.8 Å². The van der Waals surface area contributed by atoms with E-state index in [2.05, 4.69) is 21.2 Å². The minimum Gasteiger partial charge on any atom is -0.382 e. The third-order valence-electron chi connectivity index (χ3n) is 3.74. The summed E-state index contributed by atoms with van der Waals surface area (Å²) < 4.78 is 0. The van der Waals surface area contributed by atoms with Crippen molar-refractivity contribution in [3.8, 4) is 6.07 Å². The number of nitrogens with two attached hydrogens (primary N) is 1. The monoisotopic (exact) mass is 327 g/mol. The van der Waals surface area contributed by atoms with Crippen LogP contribution in [0.1, 0.15) is 32.1 Å². The van der Waals surface area contributed by atoms with Gasteiger partial charge >= 0.3 is 6.03 Å². The lowest BCUT2D eigenvalue weighted by molar-refractivity contribution is 0.244. The van der Waals surface area contributed by atoms with Crippen molar-refractivity contribution >= 4 is 29.0 Å². The Balaban J connectivity index is 1.86.